The van der Waals surface area contributed by atoms with Crippen LogP contribution in [0, 0.1) is 0 Å². The molecule has 11 heteroatoms. The number of allylic oxidation sites excluding steroid dienone is 6. The quantitative estimate of drug-likeness (QED) is 0.339. The summed E-state index contributed by atoms with van der Waals surface area (Å²) in [5, 5.41) is 2.75. The molecule has 0 aromatic heterocycles. The minimum atomic E-state index is -0.140. The van der Waals surface area contributed by atoms with Gasteiger partial charge in [-0.3, -0.25) is 28.8 Å². The summed E-state index contributed by atoms with van der Waals surface area (Å²) < 4.78 is 0.664. The molecule has 3 aromatic carbocycles. The first-order chi connectivity index (χ1) is 22.3. The molecule has 0 spiro atoms. The van der Waals surface area contributed by atoms with Gasteiger partial charge in [-0.15, -0.1) is 0 Å². The number of likely N-dealkylation sites (N-methyl/N-ethyl adjacent to an activating group) is 2. The molecule has 0 atom stereocenters. The molecule has 0 aliphatic heterocycles. The highest BCUT2D eigenvalue weighted by molar-refractivity contribution is 9.12. The predicted octanol–water partition coefficient (Wildman–Crippen LogP) is 5.92. The van der Waals surface area contributed by atoms with Gasteiger partial charge in [-0.25, -0.2) is 0 Å². The molecule has 9 nitrogen and oxygen atoms in total. The van der Waals surface area contributed by atoms with Gasteiger partial charge in [0, 0.05) is 73.7 Å². The number of benzene rings is 3. The van der Waals surface area contributed by atoms with Crippen LogP contribution in [-0.2, 0) is 0 Å². The van der Waals surface area contributed by atoms with E-state index in [1.807, 2.05) is 14.1 Å². The van der Waals surface area contributed by atoms with Gasteiger partial charge in [0.05, 0.1) is 14.7 Å². The number of nitrogens with one attached hydrogen (secondary N) is 1. The molecule has 0 heterocycles. The number of hydrogen-bond acceptors (Lipinski definition) is 9. The van der Waals surface area contributed by atoms with E-state index < -0.39 is 0 Å². The zero-order chi connectivity index (χ0) is 35.0. The maximum Gasteiger partial charge on any atom is 0.211 e. The molecule has 6 rings (SSSR count). The average molecular weight is 763 g/mol. The number of rotatable bonds is 2. The minimum absolute atomic E-state index is 0.0878. The van der Waals surface area contributed by atoms with Crippen LogP contribution < -0.4 is 5.32 Å². The maximum atomic E-state index is 12.1. The molecule has 0 saturated carbocycles. The lowest BCUT2D eigenvalue weighted by atomic mass is 9.92. The third-order valence-corrected chi connectivity index (χ3v) is 8.14. The van der Waals surface area contributed by atoms with Crippen molar-refractivity contribution >= 4 is 66.6 Å². The Bertz CT molecular complexity index is 1870. The summed E-state index contributed by atoms with van der Waals surface area (Å²) in [7, 11) is 10.8. The lowest BCUT2D eigenvalue weighted by molar-refractivity contribution is 0.0960. The Morgan fingerprint density at radius 3 is 1.28 bits per heavy atom. The van der Waals surface area contributed by atoms with Crippen molar-refractivity contribution in [2.45, 2.75) is 0 Å². The lowest BCUT2D eigenvalue weighted by Gasteiger charge is -2.23. The van der Waals surface area contributed by atoms with Crippen LogP contribution in [0.2, 0.25) is 0 Å². The molecule has 0 radical (unpaired) electrons. The van der Waals surface area contributed by atoms with Crippen LogP contribution in [-0.4, -0.2) is 86.8 Å². The Hall–Kier alpha value is -4.58. The van der Waals surface area contributed by atoms with Crippen LogP contribution >= 0.6 is 31.9 Å². The molecule has 47 heavy (non-hydrogen) atoms. The molecular weight excluding hydrogens is 730 g/mol. The monoisotopic (exact) mass is 761 g/mol. The molecular formula is C36H33Br2N3O6. The van der Waals surface area contributed by atoms with Gasteiger partial charge in [0.25, 0.3) is 0 Å². The van der Waals surface area contributed by atoms with Crippen molar-refractivity contribution in [2.24, 2.45) is 0 Å². The normalized spacial score (nSPS) is 14.5. The van der Waals surface area contributed by atoms with Crippen LogP contribution in [0.1, 0.15) is 62.1 Å². The Morgan fingerprint density at radius 2 is 0.851 bits per heavy atom. The van der Waals surface area contributed by atoms with Crippen LogP contribution in [0.5, 0.6) is 0 Å². The topological polar surface area (TPSA) is 121 Å². The summed E-state index contributed by atoms with van der Waals surface area (Å²) in [5.41, 5.74) is 3.73. The number of hydrogen-bond donors (Lipinski definition) is 1. The Balaban J connectivity index is 0.000000184. The zero-order valence-electron chi connectivity index (χ0n) is 26.7. The first-order valence-electron chi connectivity index (χ1n) is 14.2. The van der Waals surface area contributed by atoms with Crippen molar-refractivity contribution in [1.82, 2.24) is 15.1 Å². The molecule has 0 bridgehead atoms. The summed E-state index contributed by atoms with van der Waals surface area (Å²) in [4.78, 5) is 74.0. The van der Waals surface area contributed by atoms with Crippen molar-refractivity contribution in [3.8, 4) is 0 Å². The average Bonchev–Trinajstić information content (AvgIpc) is 3.05. The second-order valence-electron chi connectivity index (χ2n) is 10.7. The Labute approximate surface area is 290 Å². The number of halogens is 2. The molecule has 0 unspecified atom stereocenters. The molecule has 242 valence electrons. The fraction of sp³-hybridized carbons (Fsp3) is 0.167. The highest BCUT2D eigenvalue weighted by Gasteiger charge is 2.31. The minimum Gasteiger partial charge on any atom is -0.374 e. The Morgan fingerprint density at radius 1 is 0.489 bits per heavy atom. The largest absolute Gasteiger partial charge is 0.374 e. The van der Waals surface area contributed by atoms with E-state index in [2.05, 4.69) is 37.2 Å². The van der Waals surface area contributed by atoms with Crippen molar-refractivity contribution in [3.05, 3.63) is 139 Å². The van der Waals surface area contributed by atoms with Crippen LogP contribution in [0.4, 0.5) is 0 Å². The van der Waals surface area contributed by atoms with Gasteiger partial charge in [0.2, 0.25) is 23.1 Å². The maximum absolute atomic E-state index is 12.1. The van der Waals surface area contributed by atoms with Crippen LogP contribution in [0.3, 0.4) is 0 Å². The number of Topliss-reactive ketones (excluding diaryl/α,β-unsaturated/α-hetero) is 4. The first-order valence-corrected chi connectivity index (χ1v) is 15.8. The van der Waals surface area contributed by atoms with Gasteiger partial charge < -0.3 is 15.1 Å². The van der Waals surface area contributed by atoms with Crippen molar-refractivity contribution in [1.29, 1.82) is 0 Å². The van der Waals surface area contributed by atoms with E-state index in [-0.39, 0.29) is 34.7 Å². The predicted molar refractivity (Wildman–Crippen MR) is 189 cm³/mol. The van der Waals surface area contributed by atoms with E-state index in [0.717, 1.165) is 0 Å². The number of ketones is 6. The second kappa shape index (κ2) is 16.3. The van der Waals surface area contributed by atoms with Crippen molar-refractivity contribution in [3.63, 3.8) is 0 Å². The summed E-state index contributed by atoms with van der Waals surface area (Å²) in [5.74, 6) is -0.702. The summed E-state index contributed by atoms with van der Waals surface area (Å²) in [6.07, 6.45) is 2.70. The number of nitrogens with zero attached hydrogens (tertiary/aromatic N) is 2. The van der Waals surface area contributed by atoms with E-state index >= 15 is 0 Å². The molecule has 0 fully saturated rings. The van der Waals surface area contributed by atoms with Crippen LogP contribution in [0.15, 0.2) is 105 Å². The highest BCUT2D eigenvalue weighted by atomic mass is 79.9. The van der Waals surface area contributed by atoms with Gasteiger partial charge in [-0.1, -0.05) is 72.8 Å². The first kappa shape index (κ1) is 36.9. The van der Waals surface area contributed by atoms with Crippen LogP contribution in [0.25, 0.3) is 0 Å². The van der Waals surface area contributed by atoms with Crippen molar-refractivity contribution in [2.75, 3.05) is 42.3 Å². The smallest absolute Gasteiger partial charge is 0.211 e. The van der Waals surface area contributed by atoms with Gasteiger partial charge in [0.1, 0.15) is 5.70 Å². The third kappa shape index (κ3) is 8.23. The second-order valence-corrected chi connectivity index (χ2v) is 12.3. The summed E-state index contributed by atoms with van der Waals surface area (Å²) >= 11 is 6.25. The number of carbonyl (C=O) groups is 6. The fourth-order valence-corrected chi connectivity index (χ4v) is 5.82. The fourth-order valence-electron chi connectivity index (χ4n) is 4.65. The Kier molecular flexibility index (Phi) is 12.8. The molecule has 3 aromatic rings. The standard InChI is InChI=1S/C12H10BrNO2.C12H11NO2.C10H5BrO2.C2H7N/c1-14(2)10-9(13)11(15)7-5-3-4-6-8(7)12(10)16;1-13(2)10-7-11(14)8-5-3-4-6-9(8)12(10)15;11-8-5-9(12)6-3-1-2-4-7(6)10(8)13;1-3-2/h3-6H,1-2H3;3-7H,1-2H3;1-5H;3H,1-2H3. The molecule has 1 N–H and O–H groups in total. The summed E-state index contributed by atoms with van der Waals surface area (Å²) in [6, 6.07) is 20.6. The van der Waals surface area contributed by atoms with Gasteiger partial charge >= 0.3 is 0 Å². The number of carbonyl (C=O) groups excluding carboxylic acids is 6. The van der Waals surface area contributed by atoms with Gasteiger partial charge in [-0.05, 0) is 46.0 Å². The van der Waals surface area contributed by atoms with Gasteiger partial charge in [0.15, 0.2) is 11.6 Å². The van der Waals surface area contributed by atoms with E-state index in [9.17, 15) is 28.8 Å². The van der Waals surface area contributed by atoms with Gasteiger partial charge in [-0.2, -0.15) is 0 Å². The van der Waals surface area contributed by atoms with E-state index in [0.29, 0.717) is 53.7 Å². The zero-order valence-corrected chi connectivity index (χ0v) is 29.9. The lowest BCUT2D eigenvalue weighted by Crippen LogP contribution is -2.28. The van der Waals surface area contributed by atoms with E-state index in [4.69, 9.17) is 0 Å². The van der Waals surface area contributed by atoms with E-state index in [1.54, 1.807) is 111 Å². The molecule has 0 saturated heterocycles. The highest BCUT2D eigenvalue weighted by Crippen LogP contribution is 2.30. The molecule has 0 amide bonds. The van der Waals surface area contributed by atoms with Crippen molar-refractivity contribution < 1.29 is 28.8 Å². The van der Waals surface area contributed by atoms with E-state index in [1.165, 1.54) is 12.2 Å². The number of fused-ring (bicyclic) bond motifs is 3. The SMILES string of the molecule is CN(C)C1=C(Br)C(=O)c2ccccc2C1=O.CN(C)C1=CC(=O)c2ccccc2C1=O.CNC.O=C1C=C(Br)C(=O)c2ccccc21. The summed E-state index contributed by atoms with van der Waals surface area (Å²) in [6.45, 7) is 0. The molecule has 3 aliphatic rings. The molecule has 3 aliphatic carbocycles. The third-order valence-electron chi connectivity index (χ3n) is 6.82.